The third-order valence-electron chi connectivity index (χ3n) is 6.12. The molecule has 0 spiro atoms. The fraction of sp³-hybridized carbons (Fsp3) is 0.455. The van der Waals surface area contributed by atoms with E-state index in [-0.39, 0.29) is 23.5 Å². The molecule has 0 amide bonds. The third-order valence-corrected chi connectivity index (χ3v) is 8.98. The highest BCUT2D eigenvalue weighted by molar-refractivity contribution is 14.1. The smallest absolute Gasteiger partial charge is 0.238 e. The number of anilines is 3. The van der Waals surface area contributed by atoms with Gasteiger partial charge in [0.1, 0.15) is 22.9 Å². The number of rotatable bonds is 10. The molecule has 0 unspecified atom stereocenters. The van der Waals surface area contributed by atoms with E-state index in [0.29, 0.717) is 28.8 Å². The van der Waals surface area contributed by atoms with Gasteiger partial charge in [-0.2, -0.15) is 0 Å². The molecule has 33 heavy (non-hydrogen) atoms. The largest absolute Gasteiger partial charge is 0.494 e. The molecule has 11 heteroatoms. The zero-order valence-electron chi connectivity index (χ0n) is 17.8. The van der Waals surface area contributed by atoms with Crippen LogP contribution in [-0.2, 0) is 10.0 Å². The summed E-state index contributed by atoms with van der Waals surface area (Å²) in [5.41, 5.74) is -1.12. The van der Waals surface area contributed by atoms with Crippen LogP contribution in [0.15, 0.2) is 24.3 Å². The second-order valence-corrected chi connectivity index (χ2v) is 12.0. The molecule has 2 aromatic carbocycles. The lowest BCUT2D eigenvalue weighted by Crippen LogP contribution is -2.34. The molecule has 0 aromatic heterocycles. The first-order chi connectivity index (χ1) is 15.5. The van der Waals surface area contributed by atoms with Gasteiger partial charge in [-0.05, 0) is 72.4 Å². The molecule has 2 aliphatic rings. The van der Waals surface area contributed by atoms with Crippen LogP contribution < -0.4 is 14.8 Å². The highest BCUT2D eigenvalue weighted by Crippen LogP contribution is 2.50. The first-order valence-corrected chi connectivity index (χ1v) is 13.1. The van der Waals surface area contributed by atoms with Crippen molar-refractivity contribution in [2.75, 3.05) is 17.1 Å². The van der Waals surface area contributed by atoms with Gasteiger partial charge in [0.05, 0.1) is 23.6 Å². The molecule has 0 radical (unpaired) electrons. The van der Waals surface area contributed by atoms with Gasteiger partial charge in [0.15, 0.2) is 11.6 Å². The van der Waals surface area contributed by atoms with Gasteiger partial charge in [0, 0.05) is 9.64 Å². The van der Waals surface area contributed by atoms with Gasteiger partial charge in [-0.15, -0.1) is 0 Å². The molecule has 2 fully saturated rings. The summed E-state index contributed by atoms with van der Waals surface area (Å²) in [6.45, 7) is 0. The predicted octanol–water partition coefficient (Wildman–Crippen LogP) is 5.29. The summed E-state index contributed by atoms with van der Waals surface area (Å²) in [5.74, 6) is -3.23. The Balaban J connectivity index is 1.68. The van der Waals surface area contributed by atoms with Crippen molar-refractivity contribution in [3.63, 3.8) is 0 Å². The second-order valence-electron chi connectivity index (χ2n) is 8.70. The van der Waals surface area contributed by atoms with Crippen molar-refractivity contribution in [1.29, 1.82) is 0 Å². The SMILES string of the molecule is COc1cc(F)c(F)c(Nc2ccc(I)cc2F)c1NS(=O)(=O)C1(C[C@@H](O)CC2CC2)CC1. The third kappa shape index (κ3) is 5.19. The van der Waals surface area contributed by atoms with Crippen LogP contribution in [0.3, 0.4) is 0 Å². The zero-order chi connectivity index (χ0) is 24.0. The molecule has 2 aliphatic carbocycles. The maximum absolute atomic E-state index is 14.8. The lowest BCUT2D eigenvalue weighted by molar-refractivity contribution is 0.144. The number of sulfonamides is 1. The molecular weight excluding hydrogens is 572 g/mol. The molecular formula is C22H24F3IN2O4S. The van der Waals surface area contributed by atoms with Crippen LogP contribution in [-0.4, -0.2) is 31.5 Å². The Hall–Kier alpha value is -1.73. The van der Waals surface area contributed by atoms with Gasteiger partial charge in [0.25, 0.3) is 0 Å². The fourth-order valence-electron chi connectivity index (χ4n) is 3.92. The van der Waals surface area contributed by atoms with Gasteiger partial charge in [-0.25, -0.2) is 21.6 Å². The summed E-state index contributed by atoms with van der Waals surface area (Å²) in [5, 5.41) is 12.8. The molecule has 4 rings (SSSR count). The summed E-state index contributed by atoms with van der Waals surface area (Å²) in [6, 6.07) is 4.82. The lowest BCUT2D eigenvalue weighted by atomic mass is 10.1. The maximum Gasteiger partial charge on any atom is 0.238 e. The number of ether oxygens (including phenoxy) is 1. The number of aliphatic hydroxyl groups excluding tert-OH is 1. The van der Waals surface area contributed by atoms with Crippen LogP contribution >= 0.6 is 22.6 Å². The van der Waals surface area contributed by atoms with Crippen LogP contribution in [0.2, 0.25) is 0 Å². The molecule has 0 aliphatic heterocycles. The molecule has 6 nitrogen and oxygen atoms in total. The Bertz CT molecular complexity index is 1170. The number of halogens is 4. The summed E-state index contributed by atoms with van der Waals surface area (Å²) in [6.07, 6.45) is 2.58. The predicted molar refractivity (Wildman–Crippen MR) is 128 cm³/mol. The lowest BCUT2D eigenvalue weighted by Gasteiger charge is -2.24. The van der Waals surface area contributed by atoms with E-state index in [1.807, 2.05) is 22.6 Å². The Morgan fingerprint density at radius 2 is 1.88 bits per heavy atom. The van der Waals surface area contributed by atoms with Crippen LogP contribution in [0.4, 0.5) is 30.2 Å². The summed E-state index contributed by atoms with van der Waals surface area (Å²) in [4.78, 5) is 0. The van der Waals surface area contributed by atoms with Crippen LogP contribution in [0, 0.1) is 26.9 Å². The van der Waals surface area contributed by atoms with E-state index in [1.165, 1.54) is 19.2 Å². The number of hydrogen-bond acceptors (Lipinski definition) is 5. The van der Waals surface area contributed by atoms with Gasteiger partial charge in [-0.1, -0.05) is 12.8 Å². The van der Waals surface area contributed by atoms with E-state index in [1.54, 1.807) is 6.07 Å². The van der Waals surface area contributed by atoms with Gasteiger partial charge < -0.3 is 15.2 Å². The van der Waals surface area contributed by atoms with E-state index in [2.05, 4.69) is 10.0 Å². The number of benzene rings is 2. The quantitative estimate of drug-likeness (QED) is 0.325. The van der Waals surface area contributed by atoms with Crippen molar-refractivity contribution in [3.05, 3.63) is 45.3 Å². The Morgan fingerprint density at radius 1 is 1.18 bits per heavy atom. The summed E-state index contributed by atoms with van der Waals surface area (Å²) >= 11 is 1.90. The molecule has 3 N–H and O–H groups in total. The number of hydrogen-bond donors (Lipinski definition) is 3. The minimum atomic E-state index is -4.12. The standard InChI is InChI=1S/C22H24F3IN2O4S/c1-32-18-10-16(24)19(25)21(27-17-5-4-13(26)9-15(17)23)20(18)28-33(30,31)22(6-7-22)11-14(29)8-12-2-3-12/h4-5,9-10,12,14,27-29H,2-3,6-8,11H2,1H3/t14-/m0/s1. The van der Waals surface area contributed by atoms with E-state index in [4.69, 9.17) is 4.74 Å². The fourth-order valence-corrected chi connectivity index (χ4v) is 6.12. The maximum atomic E-state index is 14.8. The van der Waals surface area contributed by atoms with E-state index in [0.717, 1.165) is 18.9 Å². The van der Waals surface area contributed by atoms with E-state index < -0.39 is 44.0 Å². The van der Waals surface area contributed by atoms with Crippen molar-refractivity contribution in [1.82, 2.24) is 0 Å². The average molecular weight is 596 g/mol. The summed E-state index contributed by atoms with van der Waals surface area (Å²) in [7, 11) is -2.93. The zero-order valence-corrected chi connectivity index (χ0v) is 20.8. The first kappa shape index (κ1) is 24.4. The van der Waals surface area contributed by atoms with Crippen LogP contribution in [0.5, 0.6) is 5.75 Å². The van der Waals surface area contributed by atoms with Gasteiger partial charge >= 0.3 is 0 Å². The molecule has 1 atom stereocenters. The van der Waals surface area contributed by atoms with Gasteiger partial charge in [0.2, 0.25) is 10.0 Å². The topological polar surface area (TPSA) is 87.7 Å². The average Bonchev–Trinajstić information content (AvgIpc) is 3.66. The molecule has 2 aromatic rings. The minimum absolute atomic E-state index is 0.0549. The van der Waals surface area contributed by atoms with Crippen molar-refractivity contribution in [2.45, 2.75) is 49.4 Å². The summed E-state index contributed by atoms with van der Waals surface area (Å²) < 4.78 is 76.9. The Labute approximate surface area is 204 Å². The van der Waals surface area contributed by atoms with Crippen molar-refractivity contribution < 1.29 is 31.4 Å². The van der Waals surface area contributed by atoms with Crippen molar-refractivity contribution >= 4 is 49.7 Å². The molecule has 2 saturated carbocycles. The van der Waals surface area contributed by atoms with E-state index >= 15 is 0 Å². The number of aliphatic hydroxyl groups is 1. The highest BCUT2D eigenvalue weighted by atomic mass is 127. The van der Waals surface area contributed by atoms with Crippen LogP contribution in [0.1, 0.15) is 38.5 Å². The van der Waals surface area contributed by atoms with Crippen molar-refractivity contribution in [3.8, 4) is 5.75 Å². The normalized spacial score (nSPS) is 18.0. The molecule has 0 saturated heterocycles. The number of methoxy groups -OCH3 is 1. The first-order valence-electron chi connectivity index (χ1n) is 10.5. The molecule has 0 bridgehead atoms. The molecule has 0 heterocycles. The number of nitrogens with one attached hydrogen (secondary N) is 2. The van der Waals surface area contributed by atoms with Gasteiger partial charge in [-0.3, -0.25) is 4.72 Å². The minimum Gasteiger partial charge on any atom is -0.494 e. The second kappa shape index (κ2) is 9.14. The van der Waals surface area contributed by atoms with Crippen LogP contribution in [0.25, 0.3) is 0 Å². The Morgan fingerprint density at radius 3 is 2.45 bits per heavy atom. The Kier molecular flexibility index (Phi) is 6.76. The molecule has 180 valence electrons. The highest BCUT2D eigenvalue weighted by Gasteiger charge is 2.56. The monoisotopic (exact) mass is 596 g/mol. The van der Waals surface area contributed by atoms with E-state index in [9.17, 15) is 26.7 Å². The van der Waals surface area contributed by atoms with Crippen molar-refractivity contribution in [2.24, 2.45) is 5.92 Å².